The molecule has 0 bridgehead atoms. The first-order valence-corrected chi connectivity index (χ1v) is 9.56. The molecule has 1 heterocycles. The van der Waals surface area contributed by atoms with Gasteiger partial charge >= 0.3 is 0 Å². The first-order valence-electron chi connectivity index (χ1n) is 7.75. The van der Waals surface area contributed by atoms with E-state index in [9.17, 15) is 9.90 Å². The van der Waals surface area contributed by atoms with Gasteiger partial charge in [0.2, 0.25) is 0 Å². The summed E-state index contributed by atoms with van der Waals surface area (Å²) in [6.45, 7) is 1.77. The molecule has 3 rings (SSSR count). The highest BCUT2D eigenvalue weighted by molar-refractivity contribution is 8.01. The molecular weight excluding hydrogens is 370 g/mol. The Hall–Kier alpha value is -2.58. The Bertz CT molecular complexity index is 936. The van der Waals surface area contributed by atoms with Crippen molar-refractivity contribution in [3.63, 3.8) is 0 Å². The molecule has 134 valence electrons. The van der Waals surface area contributed by atoms with Crippen molar-refractivity contribution >= 4 is 44.9 Å². The monoisotopic (exact) mass is 387 g/mol. The lowest BCUT2D eigenvalue weighted by molar-refractivity contribution is -0.118. The highest BCUT2D eigenvalue weighted by Gasteiger charge is 2.08. The van der Waals surface area contributed by atoms with Crippen LogP contribution in [0.25, 0.3) is 10.2 Å². The van der Waals surface area contributed by atoms with Crippen LogP contribution < -0.4 is 10.2 Å². The summed E-state index contributed by atoms with van der Waals surface area (Å²) < 4.78 is 7.03. The molecule has 0 saturated carbocycles. The number of amides is 1. The van der Waals surface area contributed by atoms with Crippen LogP contribution in [0, 0.1) is 0 Å². The Morgan fingerprint density at radius 1 is 1.35 bits per heavy atom. The minimum Gasteiger partial charge on any atom is -0.504 e. The maximum Gasteiger partial charge on any atom is 0.250 e. The van der Waals surface area contributed by atoms with Gasteiger partial charge in [-0.1, -0.05) is 23.9 Å². The van der Waals surface area contributed by atoms with Crippen molar-refractivity contribution in [3.8, 4) is 11.5 Å². The van der Waals surface area contributed by atoms with Gasteiger partial charge in [-0.05, 0) is 37.3 Å². The first kappa shape index (κ1) is 18.2. The number of nitrogens with one attached hydrogen (secondary N) is 1. The molecule has 3 aromatic rings. The number of aromatic hydroxyl groups is 1. The predicted octanol–water partition coefficient (Wildman–Crippen LogP) is 3.64. The molecule has 0 spiro atoms. The number of hydrazone groups is 1. The number of thioether (sulfide) groups is 1. The summed E-state index contributed by atoms with van der Waals surface area (Å²) in [5.74, 6) is 0.435. The fourth-order valence-electron chi connectivity index (χ4n) is 2.19. The maximum absolute atomic E-state index is 12.0. The molecule has 0 aliphatic carbocycles. The van der Waals surface area contributed by atoms with Crippen LogP contribution in [0.15, 0.2) is 51.9 Å². The molecule has 0 radical (unpaired) electrons. The largest absolute Gasteiger partial charge is 0.504 e. The first-order chi connectivity index (χ1) is 12.6. The fraction of sp³-hybridized carbons (Fsp3) is 0.167. The van der Waals surface area contributed by atoms with E-state index in [4.69, 9.17) is 4.74 Å². The van der Waals surface area contributed by atoms with E-state index in [1.165, 1.54) is 24.9 Å². The van der Waals surface area contributed by atoms with E-state index in [0.29, 0.717) is 11.5 Å². The maximum atomic E-state index is 12.0. The molecule has 6 nitrogen and oxygen atoms in total. The van der Waals surface area contributed by atoms with Crippen LogP contribution in [0.5, 0.6) is 11.5 Å². The number of fused-ring (bicyclic) bond motifs is 1. The lowest BCUT2D eigenvalue weighted by atomic mass is 10.1. The number of carbonyl (C=O) groups is 1. The second-order valence-corrected chi connectivity index (χ2v) is 7.61. The number of hydrogen-bond acceptors (Lipinski definition) is 7. The number of methoxy groups -OCH3 is 1. The third-order valence-electron chi connectivity index (χ3n) is 3.55. The van der Waals surface area contributed by atoms with E-state index < -0.39 is 0 Å². The van der Waals surface area contributed by atoms with Gasteiger partial charge in [-0.2, -0.15) is 5.10 Å². The highest BCUT2D eigenvalue weighted by atomic mass is 32.2. The number of carbonyl (C=O) groups excluding carboxylic acids is 1. The number of rotatable bonds is 6. The Morgan fingerprint density at radius 3 is 2.92 bits per heavy atom. The molecule has 8 heteroatoms. The molecule has 2 aromatic carbocycles. The molecule has 1 aromatic heterocycles. The average Bonchev–Trinajstić information content (AvgIpc) is 3.07. The molecule has 0 atom stereocenters. The Kier molecular flexibility index (Phi) is 5.75. The quantitative estimate of drug-likeness (QED) is 0.383. The third kappa shape index (κ3) is 4.33. The second kappa shape index (κ2) is 8.20. The molecule has 0 saturated heterocycles. The van der Waals surface area contributed by atoms with Crippen LogP contribution in [0.2, 0.25) is 0 Å². The molecule has 0 fully saturated rings. The molecule has 2 N–H and O–H groups in total. The van der Waals surface area contributed by atoms with E-state index in [1.807, 2.05) is 24.3 Å². The third-order valence-corrected chi connectivity index (χ3v) is 5.73. The zero-order valence-corrected chi connectivity index (χ0v) is 15.9. The van der Waals surface area contributed by atoms with E-state index in [0.717, 1.165) is 20.1 Å². The zero-order chi connectivity index (χ0) is 18.5. The number of ether oxygens (including phenoxy) is 1. The van der Waals surface area contributed by atoms with Crippen molar-refractivity contribution in [2.75, 3.05) is 12.9 Å². The zero-order valence-electron chi connectivity index (χ0n) is 14.2. The van der Waals surface area contributed by atoms with Gasteiger partial charge in [0.15, 0.2) is 15.8 Å². The van der Waals surface area contributed by atoms with E-state index in [1.54, 1.807) is 30.4 Å². The molecule has 1 amide bonds. The van der Waals surface area contributed by atoms with E-state index in [-0.39, 0.29) is 17.4 Å². The standard InChI is InChI=1S/C18H17N3O3S2/c1-11(12-7-8-14(22)15(9-12)24-2)20-21-17(23)10-25-18-19-13-5-3-4-6-16(13)26-18/h3-9,22H,10H2,1-2H3,(H,21,23)/b20-11-. The minimum absolute atomic E-state index is 0.0559. The van der Waals surface area contributed by atoms with Crippen molar-refractivity contribution in [1.82, 2.24) is 10.4 Å². The van der Waals surface area contributed by atoms with Gasteiger partial charge in [-0.3, -0.25) is 4.79 Å². The van der Waals surface area contributed by atoms with Gasteiger partial charge in [-0.25, -0.2) is 10.4 Å². The Labute approximate surface area is 158 Å². The number of phenolic OH excluding ortho intramolecular Hbond substituents is 1. The molecule has 0 unspecified atom stereocenters. The van der Waals surface area contributed by atoms with Crippen molar-refractivity contribution < 1.29 is 14.6 Å². The van der Waals surface area contributed by atoms with Crippen LogP contribution in [-0.4, -0.2) is 34.6 Å². The Balaban J connectivity index is 1.58. The number of hydrogen-bond donors (Lipinski definition) is 2. The van der Waals surface area contributed by atoms with Gasteiger partial charge in [0.1, 0.15) is 0 Å². The fourth-order valence-corrected chi connectivity index (χ4v) is 4.05. The average molecular weight is 387 g/mol. The number of phenols is 1. The SMILES string of the molecule is COc1cc(/C(C)=N\NC(=O)CSc2nc3ccccc3s2)ccc1O. The summed E-state index contributed by atoms with van der Waals surface area (Å²) in [6.07, 6.45) is 0. The van der Waals surface area contributed by atoms with Gasteiger partial charge in [-0.15, -0.1) is 11.3 Å². The molecule has 0 aliphatic heterocycles. The molecular formula is C18H17N3O3S2. The summed E-state index contributed by atoms with van der Waals surface area (Å²) in [7, 11) is 1.48. The number of benzene rings is 2. The topological polar surface area (TPSA) is 83.8 Å². The molecule has 26 heavy (non-hydrogen) atoms. The summed E-state index contributed by atoms with van der Waals surface area (Å²) in [5.41, 5.74) is 4.84. The minimum atomic E-state index is -0.209. The summed E-state index contributed by atoms with van der Waals surface area (Å²) in [5, 5.41) is 13.7. The second-order valence-electron chi connectivity index (χ2n) is 5.35. The van der Waals surface area contributed by atoms with Crippen molar-refractivity contribution in [3.05, 3.63) is 48.0 Å². The smallest absolute Gasteiger partial charge is 0.250 e. The summed E-state index contributed by atoms with van der Waals surface area (Å²) in [4.78, 5) is 16.5. The van der Waals surface area contributed by atoms with Gasteiger partial charge < -0.3 is 9.84 Å². The van der Waals surface area contributed by atoms with Gasteiger partial charge in [0, 0.05) is 5.56 Å². The molecule has 0 aliphatic rings. The van der Waals surface area contributed by atoms with Crippen LogP contribution >= 0.6 is 23.1 Å². The van der Waals surface area contributed by atoms with Crippen LogP contribution in [-0.2, 0) is 4.79 Å². The van der Waals surface area contributed by atoms with Gasteiger partial charge in [0.05, 0.1) is 28.8 Å². The predicted molar refractivity (Wildman–Crippen MR) is 105 cm³/mol. The van der Waals surface area contributed by atoms with Gasteiger partial charge in [0.25, 0.3) is 5.91 Å². The number of nitrogens with zero attached hydrogens (tertiary/aromatic N) is 2. The van der Waals surface area contributed by atoms with E-state index in [2.05, 4.69) is 15.5 Å². The summed E-state index contributed by atoms with van der Waals surface area (Å²) >= 11 is 2.95. The number of para-hydroxylation sites is 1. The Morgan fingerprint density at radius 2 is 2.15 bits per heavy atom. The van der Waals surface area contributed by atoms with Crippen molar-refractivity contribution in [1.29, 1.82) is 0 Å². The number of thiazole rings is 1. The van der Waals surface area contributed by atoms with Crippen molar-refractivity contribution in [2.45, 2.75) is 11.3 Å². The van der Waals surface area contributed by atoms with E-state index >= 15 is 0 Å². The van der Waals surface area contributed by atoms with Crippen molar-refractivity contribution in [2.24, 2.45) is 5.10 Å². The van der Waals surface area contributed by atoms with Crippen LogP contribution in [0.4, 0.5) is 0 Å². The normalized spacial score (nSPS) is 11.5. The number of aromatic nitrogens is 1. The highest BCUT2D eigenvalue weighted by Crippen LogP contribution is 2.29. The lowest BCUT2D eigenvalue weighted by Gasteiger charge is -2.06. The summed E-state index contributed by atoms with van der Waals surface area (Å²) in [6, 6.07) is 12.8. The van der Waals surface area contributed by atoms with Crippen LogP contribution in [0.1, 0.15) is 12.5 Å². The lowest BCUT2D eigenvalue weighted by Crippen LogP contribution is -2.21. The van der Waals surface area contributed by atoms with Crippen LogP contribution in [0.3, 0.4) is 0 Å².